The molecule has 0 spiro atoms. The summed E-state index contributed by atoms with van der Waals surface area (Å²) in [6.07, 6.45) is 4.95. The van der Waals surface area contributed by atoms with Gasteiger partial charge in [0.1, 0.15) is 0 Å². The highest BCUT2D eigenvalue weighted by atomic mass is 35.5. The van der Waals surface area contributed by atoms with Crippen molar-refractivity contribution in [1.82, 2.24) is 14.9 Å². The van der Waals surface area contributed by atoms with Crippen LogP contribution in [0.3, 0.4) is 0 Å². The van der Waals surface area contributed by atoms with Crippen LogP contribution in [0.5, 0.6) is 0 Å². The molecule has 1 atom stereocenters. The monoisotopic (exact) mass is 275 g/mol. The third kappa shape index (κ3) is 2.17. The van der Waals surface area contributed by atoms with Crippen LogP contribution in [0.4, 0.5) is 0 Å². The Morgan fingerprint density at radius 3 is 3.00 bits per heavy atom. The van der Waals surface area contributed by atoms with Crippen LogP contribution in [-0.2, 0) is 5.41 Å². The van der Waals surface area contributed by atoms with E-state index in [0.29, 0.717) is 0 Å². The van der Waals surface area contributed by atoms with E-state index in [9.17, 15) is 0 Å². The number of hydrogen-bond donors (Lipinski definition) is 1. The number of nitrogens with zero attached hydrogens (tertiary/aromatic N) is 2. The summed E-state index contributed by atoms with van der Waals surface area (Å²) in [5.41, 5.74) is 3.57. The lowest BCUT2D eigenvalue weighted by atomic mass is 9.86. The van der Waals surface area contributed by atoms with Crippen molar-refractivity contribution >= 4 is 11.6 Å². The van der Waals surface area contributed by atoms with Crippen LogP contribution in [0.25, 0.3) is 5.69 Å². The van der Waals surface area contributed by atoms with Gasteiger partial charge in [0.05, 0.1) is 17.0 Å². The molecule has 0 aliphatic carbocycles. The summed E-state index contributed by atoms with van der Waals surface area (Å²) >= 11 is 6.35. The molecule has 1 fully saturated rings. The second kappa shape index (κ2) is 4.66. The molecule has 0 amide bonds. The topological polar surface area (TPSA) is 29.9 Å². The molecule has 100 valence electrons. The number of benzene rings is 1. The van der Waals surface area contributed by atoms with E-state index in [1.807, 2.05) is 24.7 Å². The minimum absolute atomic E-state index is 0.129. The van der Waals surface area contributed by atoms with E-state index >= 15 is 0 Å². The summed E-state index contributed by atoms with van der Waals surface area (Å²) in [6.45, 7) is 6.41. The fourth-order valence-electron chi connectivity index (χ4n) is 2.78. The fourth-order valence-corrected chi connectivity index (χ4v) is 2.99. The Bertz CT molecular complexity index is 597. The standard InChI is InChI=1S/C15H18ClN3/c1-11-3-4-12(16)13(7-11)19-10-18-8-14(19)15(2)5-6-17-9-15/h3-4,7-8,10,17H,5-6,9H2,1-2H3. The predicted octanol–water partition coefficient (Wildman–Crippen LogP) is 3.09. The number of aryl methyl sites for hydroxylation is 1. The molecule has 0 saturated carbocycles. The molecule has 4 heteroatoms. The van der Waals surface area contributed by atoms with Crippen molar-refractivity contribution in [3.63, 3.8) is 0 Å². The van der Waals surface area contributed by atoms with Gasteiger partial charge in [-0.1, -0.05) is 24.6 Å². The zero-order chi connectivity index (χ0) is 13.5. The summed E-state index contributed by atoms with van der Waals surface area (Å²) in [6, 6.07) is 6.09. The van der Waals surface area contributed by atoms with E-state index in [-0.39, 0.29) is 5.41 Å². The number of rotatable bonds is 2. The maximum Gasteiger partial charge on any atom is 0.0994 e. The summed E-state index contributed by atoms with van der Waals surface area (Å²) in [4.78, 5) is 4.34. The van der Waals surface area contributed by atoms with Gasteiger partial charge in [-0.05, 0) is 37.6 Å². The smallest absolute Gasteiger partial charge is 0.0994 e. The van der Waals surface area contributed by atoms with Crippen LogP contribution in [0, 0.1) is 6.92 Å². The highest BCUT2D eigenvalue weighted by Crippen LogP contribution is 2.33. The van der Waals surface area contributed by atoms with Crippen LogP contribution < -0.4 is 5.32 Å². The van der Waals surface area contributed by atoms with Crippen molar-refractivity contribution in [2.24, 2.45) is 0 Å². The molecule has 0 radical (unpaired) electrons. The zero-order valence-electron chi connectivity index (χ0n) is 11.3. The maximum atomic E-state index is 6.35. The average Bonchev–Trinajstić information content (AvgIpc) is 3.01. The number of nitrogens with one attached hydrogen (secondary N) is 1. The highest BCUT2D eigenvalue weighted by Gasteiger charge is 2.33. The Morgan fingerprint density at radius 1 is 1.42 bits per heavy atom. The van der Waals surface area contributed by atoms with Gasteiger partial charge in [0.15, 0.2) is 0 Å². The Balaban J connectivity index is 2.12. The normalized spacial score (nSPS) is 22.9. The lowest BCUT2D eigenvalue weighted by Gasteiger charge is -2.24. The van der Waals surface area contributed by atoms with Crippen LogP contribution in [0.1, 0.15) is 24.6 Å². The van der Waals surface area contributed by atoms with Gasteiger partial charge in [0, 0.05) is 23.9 Å². The van der Waals surface area contributed by atoms with Gasteiger partial charge in [0.2, 0.25) is 0 Å². The Hall–Kier alpha value is -1.32. The first-order valence-electron chi connectivity index (χ1n) is 6.60. The van der Waals surface area contributed by atoms with Gasteiger partial charge in [-0.25, -0.2) is 4.98 Å². The molecule has 3 rings (SSSR count). The highest BCUT2D eigenvalue weighted by molar-refractivity contribution is 6.32. The maximum absolute atomic E-state index is 6.35. The van der Waals surface area contributed by atoms with E-state index in [1.54, 1.807) is 0 Å². The molecule has 2 heterocycles. The van der Waals surface area contributed by atoms with Gasteiger partial charge in [0.25, 0.3) is 0 Å². The second-order valence-corrected chi connectivity index (χ2v) is 6.00. The van der Waals surface area contributed by atoms with Crippen LogP contribution >= 0.6 is 11.6 Å². The van der Waals surface area contributed by atoms with E-state index in [1.165, 1.54) is 11.3 Å². The van der Waals surface area contributed by atoms with Crippen molar-refractivity contribution in [2.75, 3.05) is 13.1 Å². The number of aromatic nitrogens is 2. The second-order valence-electron chi connectivity index (χ2n) is 5.59. The van der Waals surface area contributed by atoms with E-state index < -0.39 is 0 Å². The van der Waals surface area contributed by atoms with Crippen LogP contribution in [0.15, 0.2) is 30.7 Å². The quantitative estimate of drug-likeness (QED) is 0.913. The van der Waals surface area contributed by atoms with Crippen molar-refractivity contribution in [3.05, 3.63) is 47.0 Å². The average molecular weight is 276 g/mol. The summed E-state index contributed by atoms with van der Waals surface area (Å²) in [5, 5.41) is 4.20. The molecule has 1 aliphatic heterocycles. The first-order chi connectivity index (χ1) is 9.10. The molecule has 1 unspecified atom stereocenters. The van der Waals surface area contributed by atoms with Gasteiger partial charge in [-0.3, -0.25) is 0 Å². The largest absolute Gasteiger partial charge is 0.316 e. The van der Waals surface area contributed by atoms with Gasteiger partial charge in [-0.2, -0.15) is 0 Å². The third-order valence-electron chi connectivity index (χ3n) is 3.99. The summed E-state index contributed by atoms with van der Waals surface area (Å²) in [7, 11) is 0. The van der Waals surface area contributed by atoms with Crippen molar-refractivity contribution < 1.29 is 0 Å². The molecule has 2 aromatic rings. The minimum Gasteiger partial charge on any atom is -0.316 e. The lowest BCUT2D eigenvalue weighted by molar-refractivity contribution is 0.499. The summed E-state index contributed by atoms with van der Waals surface area (Å²) in [5.74, 6) is 0. The first-order valence-corrected chi connectivity index (χ1v) is 6.98. The number of hydrogen-bond acceptors (Lipinski definition) is 2. The van der Waals surface area contributed by atoms with Gasteiger partial charge >= 0.3 is 0 Å². The minimum atomic E-state index is 0.129. The Labute approximate surface area is 118 Å². The molecule has 1 saturated heterocycles. The molecular weight excluding hydrogens is 258 g/mol. The first kappa shape index (κ1) is 12.7. The number of imidazole rings is 1. The van der Waals surface area contributed by atoms with Crippen molar-refractivity contribution in [2.45, 2.75) is 25.7 Å². The molecule has 3 nitrogen and oxygen atoms in total. The van der Waals surface area contributed by atoms with Crippen molar-refractivity contribution in [3.8, 4) is 5.69 Å². The molecule has 0 bridgehead atoms. The molecule has 1 N–H and O–H groups in total. The Morgan fingerprint density at radius 2 is 2.26 bits per heavy atom. The summed E-state index contributed by atoms with van der Waals surface area (Å²) < 4.78 is 2.13. The van der Waals surface area contributed by atoms with E-state index in [2.05, 4.69) is 34.8 Å². The van der Waals surface area contributed by atoms with E-state index in [4.69, 9.17) is 11.6 Å². The zero-order valence-corrected chi connectivity index (χ0v) is 12.0. The van der Waals surface area contributed by atoms with Gasteiger partial charge in [-0.15, -0.1) is 0 Å². The SMILES string of the molecule is Cc1ccc(Cl)c(-n2cncc2C2(C)CCNC2)c1. The van der Waals surface area contributed by atoms with Gasteiger partial charge < -0.3 is 9.88 Å². The molecular formula is C15H18ClN3. The number of halogens is 1. The molecule has 1 aromatic carbocycles. The molecule has 19 heavy (non-hydrogen) atoms. The predicted molar refractivity (Wildman–Crippen MR) is 78.1 cm³/mol. The van der Waals surface area contributed by atoms with E-state index in [0.717, 1.165) is 30.2 Å². The lowest BCUT2D eigenvalue weighted by Crippen LogP contribution is -2.27. The molecule has 1 aliphatic rings. The third-order valence-corrected chi connectivity index (χ3v) is 4.31. The van der Waals surface area contributed by atoms with Crippen LogP contribution in [-0.4, -0.2) is 22.6 Å². The molecule has 1 aromatic heterocycles. The Kier molecular flexibility index (Phi) is 3.11. The fraction of sp³-hybridized carbons (Fsp3) is 0.400. The van der Waals surface area contributed by atoms with Crippen LogP contribution in [0.2, 0.25) is 5.02 Å². The van der Waals surface area contributed by atoms with Crippen molar-refractivity contribution in [1.29, 1.82) is 0 Å².